The lowest BCUT2D eigenvalue weighted by Gasteiger charge is -2.36. The molecule has 0 radical (unpaired) electrons. The Morgan fingerprint density at radius 2 is 1.97 bits per heavy atom. The van der Waals surface area contributed by atoms with Crippen LogP contribution in [0.4, 0.5) is 5.69 Å². The van der Waals surface area contributed by atoms with Crippen molar-refractivity contribution in [3.8, 4) is 0 Å². The highest BCUT2D eigenvalue weighted by molar-refractivity contribution is 5.74. The molecule has 0 amide bonds. The molecule has 0 atom stereocenters. The first-order valence-electron chi connectivity index (χ1n) is 10.4. The zero-order valence-corrected chi connectivity index (χ0v) is 17.3. The van der Waals surface area contributed by atoms with Crippen molar-refractivity contribution in [2.45, 2.75) is 26.8 Å². The van der Waals surface area contributed by atoms with E-state index in [0.717, 1.165) is 66.4 Å². The second-order valence-electron chi connectivity index (χ2n) is 7.87. The van der Waals surface area contributed by atoms with Crippen molar-refractivity contribution in [1.82, 2.24) is 29.5 Å². The van der Waals surface area contributed by atoms with Crippen LogP contribution in [0.1, 0.15) is 23.9 Å². The molecule has 0 aromatic carbocycles. The third kappa shape index (κ3) is 3.54. The van der Waals surface area contributed by atoms with Crippen molar-refractivity contribution >= 4 is 22.4 Å². The van der Waals surface area contributed by atoms with E-state index < -0.39 is 0 Å². The number of H-pyrrole nitrogens is 1. The van der Waals surface area contributed by atoms with Crippen molar-refractivity contribution in [3.63, 3.8) is 0 Å². The van der Waals surface area contributed by atoms with E-state index in [-0.39, 0.29) is 5.56 Å². The number of aryl methyl sites for hydroxylation is 2. The second kappa shape index (κ2) is 7.53. The van der Waals surface area contributed by atoms with Crippen molar-refractivity contribution in [2.24, 2.45) is 0 Å². The summed E-state index contributed by atoms with van der Waals surface area (Å²) in [5.41, 5.74) is 5.58. The van der Waals surface area contributed by atoms with Crippen LogP contribution in [0.2, 0.25) is 0 Å². The standard InChI is InChI=1S/C22H25N7O/c1-3-17-11-19-20(25-22(17)30)10-16(12-23-19)13-27-6-8-28(9-7-27)18-4-5-21-24-15(2)26-29(21)14-18/h4-5,10-12,14H,3,6-9,13H2,1-2H3,(H,25,30). The van der Waals surface area contributed by atoms with Crippen LogP contribution in [-0.2, 0) is 13.0 Å². The van der Waals surface area contributed by atoms with Gasteiger partial charge in [-0.05, 0) is 43.2 Å². The molecule has 0 spiro atoms. The number of fused-ring (bicyclic) bond motifs is 2. The van der Waals surface area contributed by atoms with Gasteiger partial charge in [-0.1, -0.05) is 6.92 Å². The Bertz CT molecular complexity index is 1270. The number of nitrogens with zero attached hydrogens (tertiary/aromatic N) is 6. The summed E-state index contributed by atoms with van der Waals surface area (Å²) in [6.07, 6.45) is 4.69. The Morgan fingerprint density at radius 3 is 2.77 bits per heavy atom. The van der Waals surface area contributed by atoms with Gasteiger partial charge in [-0.2, -0.15) is 5.10 Å². The maximum atomic E-state index is 12.1. The van der Waals surface area contributed by atoms with Gasteiger partial charge in [0.25, 0.3) is 5.56 Å². The zero-order chi connectivity index (χ0) is 20.7. The van der Waals surface area contributed by atoms with Crippen LogP contribution in [0.25, 0.3) is 16.7 Å². The number of hydrogen-bond acceptors (Lipinski definition) is 6. The minimum Gasteiger partial charge on any atom is -0.368 e. The normalized spacial score (nSPS) is 15.3. The van der Waals surface area contributed by atoms with Gasteiger partial charge in [0.05, 0.1) is 22.9 Å². The molecule has 1 fully saturated rings. The average molecular weight is 403 g/mol. The lowest BCUT2D eigenvalue weighted by molar-refractivity contribution is 0.249. The van der Waals surface area contributed by atoms with E-state index in [1.807, 2.05) is 36.7 Å². The van der Waals surface area contributed by atoms with Crippen LogP contribution in [0.15, 0.2) is 41.5 Å². The molecule has 5 rings (SSSR count). The summed E-state index contributed by atoms with van der Waals surface area (Å²) in [5.74, 6) is 0.785. The van der Waals surface area contributed by atoms with Gasteiger partial charge in [0.1, 0.15) is 5.82 Å². The molecule has 5 heterocycles. The van der Waals surface area contributed by atoms with Crippen LogP contribution < -0.4 is 10.5 Å². The highest BCUT2D eigenvalue weighted by atomic mass is 16.1. The van der Waals surface area contributed by atoms with Gasteiger partial charge in [0, 0.05) is 44.5 Å². The summed E-state index contributed by atoms with van der Waals surface area (Å²) in [6, 6.07) is 8.08. The van der Waals surface area contributed by atoms with Gasteiger partial charge in [0.15, 0.2) is 5.65 Å². The summed E-state index contributed by atoms with van der Waals surface area (Å²) < 4.78 is 1.85. The maximum absolute atomic E-state index is 12.1. The molecular weight excluding hydrogens is 378 g/mol. The summed E-state index contributed by atoms with van der Waals surface area (Å²) in [6.45, 7) is 8.57. The lowest BCUT2D eigenvalue weighted by atomic mass is 10.1. The van der Waals surface area contributed by atoms with Gasteiger partial charge in [-0.15, -0.1) is 0 Å². The predicted octanol–water partition coefficient (Wildman–Crippen LogP) is 2.16. The van der Waals surface area contributed by atoms with Gasteiger partial charge in [0.2, 0.25) is 0 Å². The number of anilines is 1. The molecule has 1 aliphatic rings. The zero-order valence-electron chi connectivity index (χ0n) is 17.3. The molecule has 0 bridgehead atoms. The molecule has 0 saturated carbocycles. The van der Waals surface area contributed by atoms with Gasteiger partial charge in [-0.3, -0.25) is 14.7 Å². The molecule has 0 aliphatic carbocycles. The molecule has 154 valence electrons. The Kier molecular flexibility index (Phi) is 4.71. The Hall–Kier alpha value is -3.26. The fraction of sp³-hybridized carbons (Fsp3) is 0.364. The van der Waals surface area contributed by atoms with Crippen molar-refractivity contribution in [3.05, 3.63) is 64.0 Å². The van der Waals surface area contributed by atoms with E-state index in [1.54, 1.807) is 0 Å². The van der Waals surface area contributed by atoms with Crippen LogP contribution in [0, 0.1) is 6.92 Å². The molecule has 1 N–H and O–H groups in total. The van der Waals surface area contributed by atoms with Crippen molar-refractivity contribution < 1.29 is 0 Å². The van der Waals surface area contributed by atoms with Crippen LogP contribution in [0.3, 0.4) is 0 Å². The van der Waals surface area contributed by atoms with Crippen LogP contribution >= 0.6 is 0 Å². The Balaban J connectivity index is 1.26. The highest BCUT2D eigenvalue weighted by Crippen LogP contribution is 2.19. The quantitative estimate of drug-likeness (QED) is 0.562. The third-order valence-electron chi connectivity index (χ3n) is 5.77. The van der Waals surface area contributed by atoms with Gasteiger partial charge < -0.3 is 9.88 Å². The number of pyridine rings is 3. The van der Waals surface area contributed by atoms with Gasteiger partial charge in [-0.25, -0.2) is 9.50 Å². The third-order valence-corrected chi connectivity index (χ3v) is 5.77. The molecular formula is C22H25N7O. The number of hydrogen-bond donors (Lipinski definition) is 1. The maximum Gasteiger partial charge on any atom is 0.251 e. The van der Waals surface area contributed by atoms with E-state index >= 15 is 0 Å². The molecule has 30 heavy (non-hydrogen) atoms. The van der Waals surface area contributed by atoms with Gasteiger partial charge >= 0.3 is 0 Å². The smallest absolute Gasteiger partial charge is 0.251 e. The molecule has 8 nitrogen and oxygen atoms in total. The number of piperazine rings is 1. The second-order valence-corrected chi connectivity index (χ2v) is 7.87. The van der Waals surface area contributed by atoms with E-state index in [1.165, 1.54) is 5.69 Å². The Morgan fingerprint density at radius 1 is 1.13 bits per heavy atom. The fourth-order valence-electron chi connectivity index (χ4n) is 4.11. The largest absolute Gasteiger partial charge is 0.368 e. The SMILES string of the molecule is CCc1cc2ncc(CN3CCN(c4ccc5nc(C)nn5c4)CC3)cc2[nH]c1=O. The predicted molar refractivity (Wildman–Crippen MR) is 117 cm³/mol. The minimum atomic E-state index is -0.0166. The monoisotopic (exact) mass is 403 g/mol. The highest BCUT2D eigenvalue weighted by Gasteiger charge is 2.18. The minimum absolute atomic E-state index is 0.0166. The average Bonchev–Trinajstić information content (AvgIpc) is 3.13. The van der Waals surface area contributed by atoms with Crippen molar-refractivity contribution in [2.75, 3.05) is 31.1 Å². The first kappa shape index (κ1) is 18.7. The van der Waals surface area contributed by atoms with Crippen LogP contribution in [-0.4, -0.2) is 55.6 Å². The fourth-order valence-corrected chi connectivity index (χ4v) is 4.11. The molecule has 4 aromatic rings. The van der Waals surface area contributed by atoms with E-state index in [9.17, 15) is 4.79 Å². The molecule has 0 unspecified atom stereocenters. The van der Waals surface area contributed by atoms with E-state index in [2.05, 4.69) is 48.2 Å². The number of rotatable bonds is 4. The lowest BCUT2D eigenvalue weighted by Crippen LogP contribution is -2.46. The molecule has 8 heteroatoms. The molecule has 4 aromatic heterocycles. The van der Waals surface area contributed by atoms with E-state index in [4.69, 9.17) is 0 Å². The summed E-state index contributed by atoms with van der Waals surface area (Å²) in [5, 5.41) is 4.42. The molecule has 1 aliphatic heterocycles. The summed E-state index contributed by atoms with van der Waals surface area (Å²) in [4.78, 5) is 28.9. The number of aromatic nitrogens is 5. The summed E-state index contributed by atoms with van der Waals surface area (Å²) in [7, 11) is 0. The first-order valence-corrected chi connectivity index (χ1v) is 10.4. The molecule has 1 saturated heterocycles. The van der Waals surface area contributed by atoms with Crippen molar-refractivity contribution in [1.29, 1.82) is 0 Å². The Labute approximate surface area is 174 Å². The number of nitrogens with one attached hydrogen (secondary N) is 1. The topological polar surface area (TPSA) is 82.4 Å². The number of aromatic amines is 1. The first-order chi connectivity index (χ1) is 14.6. The van der Waals surface area contributed by atoms with Crippen LogP contribution in [0.5, 0.6) is 0 Å². The summed E-state index contributed by atoms with van der Waals surface area (Å²) >= 11 is 0. The van der Waals surface area contributed by atoms with E-state index in [0.29, 0.717) is 6.42 Å².